The zero-order chi connectivity index (χ0) is 12.9. The van der Waals surface area contributed by atoms with Gasteiger partial charge in [-0.2, -0.15) is 0 Å². The summed E-state index contributed by atoms with van der Waals surface area (Å²) in [7, 11) is -3.73. The maximum Gasteiger partial charge on any atom is 0.327 e. The Morgan fingerprint density at radius 2 is 1.94 bits per heavy atom. The molecule has 1 aromatic rings. The van der Waals surface area contributed by atoms with E-state index < -0.39 is 30.0 Å². The fourth-order valence-corrected chi connectivity index (χ4v) is 4.90. The number of rotatable bonds is 1. The Hall–Kier alpha value is -0.690. The first kappa shape index (κ1) is 15.3. The summed E-state index contributed by atoms with van der Waals surface area (Å²) in [4.78, 5) is 9.25. The van der Waals surface area contributed by atoms with Crippen LogP contribution in [0.1, 0.15) is 0 Å². The van der Waals surface area contributed by atoms with Crippen molar-refractivity contribution in [1.82, 2.24) is 12.9 Å². The largest absolute Gasteiger partial charge is 0.478 e. The molecule has 1 aromatic heterocycles. The number of nitrogens with zero attached hydrogens (tertiary/aromatic N) is 3. The normalized spacial score (nSPS) is 12.4. The molecule has 13 heteroatoms. The molecule has 0 saturated carbocycles. The zero-order valence-electron chi connectivity index (χ0n) is 8.21. The molecule has 0 aliphatic heterocycles. The van der Waals surface area contributed by atoms with Crippen molar-refractivity contribution < 1.29 is 9.90 Å². The molecule has 2 atom stereocenters. The van der Waals surface area contributed by atoms with Crippen LogP contribution in [0.2, 0.25) is 0 Å². The summed E-state index contributed by atoms with van der Waals surface area (Å²) in [5.74, 6) is 9.93. The maximum absolute atomic E-state index is 9.25. The van der Waals surface area contributed by atoms with Gasteiger partial charge in [0.25, 0.3) is 24.0 Å². The van der Waals surface area contributed by atoms with Crippen molar-refractivity contribution in [1.29, 1.82) is 0 Å². The molecule has 0 aliphatic rings. The fourth-order valence-electron chi connectivity index (χ4n) is 0.458. The van der Waals surface area contributed by atoms with E-state index in [9.17, 15) is 4.79 Å². The van der Waals surface area contributed by atoms with Crippen LogP contribution in [0.25, 0.3) is 0 Å². The van der Waals surface area contributed by atoms with Gasteiger partial charge in [-0.25, -0.2) is 33.0 Å². The number of carbonyl (C=O) groups is 1. The van der Waals surface area contributed by atoms with E-state index in [1.165, 1.54) is 8.40 Å². The predicted octanol–water partition coefficient (Wildman–Crippen LogP) is -1.12. The number of hydrogen-bond donors (Lipinski definition) is 6. The Kier molecular flexibility index (Phi) is 6.51. The van der Waals surface area contributed by atoms with Crippen molar-refractivity contribution in [2.75, 3.05) is 28.2 Å². The van der Waals surface area contributed by atoms with Crippen LogP contribution in [0, 0.1) is 0 Å². The van der Waals surface area contributed by atoms with Crippen molar-refractivity contribution in [2.45, 2.75) is 0 Å². The van der Waals surface area contributed by atoms with E-state index in [1.54, 1.807) is 0 Å². The molecule has 1 rings (SSSR count). The second-order valence-electron chi connectivity index (χ2n) is 2.23. The molecule has 0 amide bonds. The van der Waals surface area contributed by atoms with E-state index in [4.69, 9.17) is 33.3 Å². The average Bonchev–Trinajstić information content (AvgIpc) is 2.24. The van der Waals surface area contributed by atoms with Crippen molar-refractivity contribution in [3.8, 4) is 0 Å². The van der Waals surface area contributed by atoms with E-state index in [-0.39, 0.29) is 0 Å². The lowest BCUT2D eigenvalue weighted by Gasteiger charge is -2.03. The number of nitrogen functional groups attached to an aromatic ring is 5. The third-order valence-corrected chi connectivity index (χ3v) is 6.54. The van der Waals surface area contributed by atoms with Gasteiger partial charge in [0.05, 0.1) is 0 Å². The minimum atomic E-state index is -1.26. The van der Waals surface area contributed by atoms with Gasteiger partial charge in [0.15, 0.2) is 0 Å². The standard InChI is InChI=1S/C3H4O2.H10N8P3/c1-2-3(4)5;1-7-9(3)6-10(4)8(2)11(7)5/h2H,1H2,(H,4,5);1-2,5H2,(H4,3,4,6)/q;+1. The highest BCUT2D eigenvalue weighted by Crippen LogP contribution is 2.28. The molecule has 0 fully saturated rings. The van der Waals surface area contributed by atoms with Crippen LogP contribution in [0.5, 0.6) is 0 Å². The Balaban J connectivity index is 0.000000385. The summed E-state index contributed by atoms with van der Waals surface area (Å²) >= 11 is 0. The van der Waals surface area contributed by atoms with Gasteiger partial charge in [-0.05, 0) is 4.51 Å². The molecule has 10 nitrogen and oxygen atoms in total. The van der Waals surface area contributed by atoms with Crippen LogP contribution in [0.3, 0.4) is 0 Å². The first-order valence-corrected chi connectivity index (χ1v) is 7.56. The molecule has 92 valence electrons. The fraction of sp³-hybridized carbons (Fsp3) is 0. The summed E-state index contributed by atoms with van der Waals surface area (Å²) in [6.45, 7) is 2.96. The lowest BCUT2D eigenvalue weighted by Crippen LogP contribution is -2.21. The van der Waals surface area contributed by atoms with Gasteiger partial charge >= 0.3 is 5.97 Å². The summed E-state index contributed by atoms with van der Waals surface area (Å²) in [5, 5.41) is 7.60. The molecule has 0 radical (unpaired) electrons. The Morgan fingerprint density at radius 1 is 1.50 bits per heavy atom. The number of nitrogens with two attached hydrogens (primary N) is 5. The van der Waals surface area contributed by atoms with E-state index >= 15 is 0 Å². The Bertz CT molecular complexity index is 397. The van der Waals surface area contributed by atoms with Crippen molar-refractivity contribution in [3.63, 3.8) is 0 Å². The van der Waals surface area contributed by atoms with Crippen molar-refractivity contribution in [2.24, 2.45) is 0 Å². The molecule has 0 aliphatic carbocycles. The number of carboxylic acid groups (broad SMARTS) is 1. The summed E-state index contributed by atoms with van der Waals surface area (Å²) < 4.78 is 6.44. The molecule has 0 bridgehead atoms. The molecular formula is C3H14N8O2P3+. The first-order valence-electron chi connectivity index (χ1n) is 3.62. The average molecular weight is 287 g/mol. The SMILES string of the molecule is C=CC(=O)O.Nn1p(N)n[p+](N)n(N)p1N. The van der Waals surface area contributed by atoms with E-state index in [2.05, 4.69) is 11.1 Å². The highest BCUT2D eigenvalue weighted by Gasteiger charge is 2.12. The highest BCUT2D eigenvalue weighted by atomic mass is 31.2. The molecular weight excluding hydrogens is 273 g/mol. The highest BCUT2D eigenvalue weighted by molar-refractivity contribution is 7.64. The van der Waals surface area contributed by atoms with Crippen molar-refractivity contribution >= 4 is 30.0 Å². The second kappa shape index (κ2) is 6.80. The monoisotopic (exact) mass is 287 g/mol. The molecule has 0 saturated heterocycles. The van der Waals surface area contributed by atoms with Gasteiger partial charge < -0.3 is 5.11 Å². The van der Waals surface area contributed by atoms with Gasteiger partial charge in [-0.3, -0.25) is 0 Å². The van der Waals surface area contributed by atoms with E-state index in [1.807, 2.05) is 0 Å². The number of carboxylic acids is 1. The molecule has 0 aromatic carbocycles. The Labute approximate surface area is 94.3 Å². The van der Waals surface area contributed by atoms with Crippen LogP contribution >= 0.6 is 24.0 Å². The summed E-state index contributed by atoms with van der Waals surface area (Å²) in [5.41, 5.74) is 16.6. The third kappa shape index (κ3) is 4.44. The van der Waals surface area contributed by atoms with Crippen LogP contribution < -0.4 is 28.2 Å². The van der Waals surface area contributed by atoms with Gasteiger partial charge in [0.2, 0.25) is 0 Å². The van der Waals surface area contributed by atoms with Crippen molar-refractivity contribution in [3.05, 3.63) is 12.7 Å². The first-order chi connectivity index (χ1) is 7.31. The second-order valence-corrected chi connectivity index (χ2v) is 7.23. The molecule has 16 heavy (non-hydrogen) atoms. The zero-order valence-corrected chi connectivity index (χ0v) is 10.9. The predicted molar refractivity (Wildman–Crippen MR) is 69.0 cm³/mol. The molecule has 1 heterocycles. The number of aliphatic carboxylic acids is 1. The van der Waals surface area contributed by atoms with Gasteiger partial charge in [-0.1, -0.05) is 15.0 Å². The van der Waals surface area contributed by atoms with Gasteiger partial charge in [-0.15, -0.1) is 0 Å². The minimum Gasteiger partial charge on any atom is -0.478 e. The maximum atomic E-state index is 9.25. The van der Waals surface area contributed by atoms with Crippen LogP contribution in [-0.4, -0.2) is 24.0 Å². The van der Waals surface area contributed by atoms with Gasteiger partial charge in [0.1, 0.15) is 0 Å². The lowest BCUT2D eigenvalue weighted by molar-refractivity contribution is -0.131. The number of hydrogen-bond acceptors (Lipinski definition) is 7. The van der Waals surface area contributed by atoms with Crippen LogP contribution in [-0.2, 0) is 4.79 Å². The van der Waals surface area contributed by atoms with Crippen LogP contribution in [0.4, 0.5) is 0 Å². The number of aromatic nitrogens is 3. The third-order valence-electron chi connectivity index (χ3n) is 1.20. The molecule has 2 unspecified atom stereocenters. The minimum absolute atomic E-state index is 0.833. The molecule has 0 spiro atoms. The van der Waals surface area contributed by atoms with E-state index in [0.717, 1.165) is 6.08 Å². The summed E-state index contributed by atoms with van der Waals surface area (Å²) in [6.07, 6.45) is 0.833. The van der Waals surface area contributed by atoms with E-state index in [0.29, 0.717) is 0 Å². The smallest absolute Gasteiger partial charge is 0.327 e. The summed E-state index contributed by atoms with van der Waals surface area (Å²) in [6, 6.07) is 0. The molecule has 11 N–H and O–H groups in total. The quantitative estimate of drug-likeness (QED) is 0.276. The lowest BCUT2D eigenvalue weighted by atomic mass is 10.7. The topological polar surface area (TPSA) is 190 Å². The Morgan fingerprint density at radius 3 is 2.31 bits per heavy atom. The van der Waals surface area contributed by atoms with Crippen LogP contribution in [0.15, 0.2) is 12.7 Å². The van der Waals surface area contributed by atoms with Gasteiger partial charge in [0, 0.05) is 6.08 Å².